The second-order valence-corrected chi connectivity index (χ2v) is 7.16. The normalized spacial score (nSPS) is 18.3. The summed E-state index contributed by atoms with van der Waals surface area (Å²) in [6, 6.07) is 12.2. The first-order chi connectivity index (χ1) is 12.9. The van der Waals surface area contributed by atoms with Gasteiger partial charge in [-0.3, -0.25) is 9.59 Å². The molecule has 1 amide bonds. The molecule has 2 aromatic rings. The predicted octanol–water partition coefficient (Wildman–Crippen LogP) is 3.22. The van der Waals surface area contributed by atoms with Crippen LogP contribution in [0.2, 0.25) is 0 Å². The largest absolute Gasteiger partial charge is 0.497 e. The summed E-state index contributed by atoms with van der Waals surface area (Å²) in [5.41, 5.74) is 3.24. The molecule has 142 valence electrons. The number of methoxy groups -OCH3 is 1. The minimum Gasteiger partial charge on any atom is -0.497 e. The third-order valence-electron chi connectivity index (χ3n) is 5.00. The molecule has 1 N–H and O–H groups in total. The number of benzene rings is 2. The Hall–Kier alpha value is -2.66. The Morgan fingerprint density at radius 3 is 2.56 bits per heavy atom. The van der Waals surface area contributed by atoms with Crippen LogP contribution in [0, 0.1) is 13.8 Å². The number of aryl methyl sites for hydroxylation is 2. The van der Waals surface area contributed by atoms with Gasteiger partial charge in [0.2, 0.25) is 0 Å². The lowest BCUT2D eigenvalue weighted by Crippen LogP contribution is -2.49. The van der Waals surface area contributed by atoms with Crippen LogP contribution in [-0.2, 0) is 4.79 Å². The molecule has 0 spiro atoms. The molecule has 0 unspecified atom stereocenters. The maximum atomic E-state index is 13.2. The van der Waals surface area contributed by atoms with E-state index in [1.54, 1.807) is 36.3 Å². The lowest BCUT2D eigenvalue weighted by molar-refractivity contribution is -0.124. The minimum absolute atomic E-state index is 0.0615. The summed E-state index contributed by atoms with van der Waals surface area (Å²) in [6.07, 6.45) is -0.494. The van der Waals surface area contributed by atoms with Crippen LogP contribution in [0.15, 0.2) is 42.5 Å². The Balaban J connectivity index is 1.92. The molecule has 0 aliphatic carbocycles. The molecule has 0 aromatic heterocycles. The van der Waals surface area contributed by atoms with Gasteiger partial charge in [0.25, 0.3) is 5.91 Å². The van der Waals surface area contributed by atoms with E-state index < -0.39 is 12.1 Å². The summed E-state index contributed by atoms with van der Waals surface area (Å²) in [6.45, 7) is 4.22. The van der Waals surface area contributed by atoms with Gasteiger partial charge < -0.3 is 14.7 Å². The number of Topliss-reactive ketones (excluding diaryl/α,β-unsaturated/α-hetero) is 1. The van der Waals surface area contributed by atoms with Gasteiger partial charge in [0.15, 0.2) is 0 Å². The fourth-order valence-corrected chi connectivity index (χ4v) is 3.70. The van der Waals surface area contributed by atoms with Crippen molar-refractivity contribution in [3.63, 3.8) is 0 Å². The first-order valence-corrected chi connectivity index (χ1v) is 9.12. The average Bonchev–Trinajstić information content (AvgIpc) is 2.66. The number of ether oxygens (including phenoxy) is 1. The smallest absolute Gasteiger partial charge is 0.254 e. The van der Waals surface area contributed by atoms with Gasteiger partial charge in [-0.2, -0.15) is 0 Å². The SMILES string of the molecule is COc1cccc([C@@H](O)[C@H]2CC(=O)CCN2C(=O)c2cc(C)cc(C)c2)c1. The average molecular weight is 367 g/mol. The van der Waals surface area contributed by atoms with E-state index in [-0.39, 0.29) is 18.1 Å². The Morgan fingerprint density at radius 1 is 1.19 bits per heavy atom. The number of hydrogen-bond acceptors (Lipinski definition) is 4. The van der Waals surface area contributed by atoms with Crippen LogP contribution in [-0.4, -0.2) is 41.4 Å². The van der Waals surface area contributed by atoms with Gasteiger partial charge in [0.1, 0.15) is 11.5 Å². The van der Waals surface area contributed by atoms with E-state index in [0.717, 1.165) is 11.1 Å². The first-order valence-electron chi connectivity index (χ1n) is 9.12. The van der Waals surface area contributed by atoms with Crippen molar-refractivity contribution >= 4 is 11.7 Å². The third-order valence-corrected chi connectivity index (χ3v) is 5.00. The summed E-state index contributed by atoms with van der Waals surface area (Å²) < 4.78 is 5.22. The standard InChI is InChI=1S/C22H25NO4/c1-14-9-15(2)11-17(10-14)22(26)23-8-7-18(24)13-20(23)21(25)16-5-4-6-19(12-16)27-3/h4-6,9-12,20-21,25H,7-8,13H2,1-3H3/t20-,21-/m1/s1. The van der Waals surface area contributed by atoms with E-state index in [1.165, 1.54) is 0 Å². The van der Waals surface area contributed by atoms with Gasteiger partial charge >= 0.3 is 0 Å². The summed E-state index contributed by atoms with van der Waals surface area (Å²) >= 11 is 0. The minimum atomic E-state index is -0.959. The number of likely N-dealkylation sites (tertiary alicyclic amines) is 1. The van der Waals surface area contributed by atoms with Crippen LogP contribution in [0.25, 0.3) is 0 Å². The fraction of sp³-hybridized carbons (Fsp3) is 0.364. The predicted molar refractivity (Wildman–Crippen MR) is 103 cm³/mol. The Bertz CT molecular complexity index is 841. The molecule has 1 heterocycles. The number of rotatable bonds is 4. The van der Waals surface area contributed by atoms with E-state index in [4.69, 9.17) is 4.74 Å². The number of carbonyl (C=O) groups excluding carboxylic acids is 2. The molecule has 1 aliphatic rings. The number of aliphatic hydroxyl groups is 1. The van der Waals surface area contributed by atoms with Crippen molar-refractivity contribution in [1.82, 2.24) is 4.90 Å². The molecule has 1 saturated heterocycles. The number of hydrogen-bond donors (Lipinski definition) is 1. The molecular formula is C22H25NO4. The van der Waals surface area contributed by atoms with Gasteiger partial charge in [-0.25, -0.2) is 0 Å². The highest BCUT2D eigenvalue weighted by Crippen LogP contribution is 2.30. The molecule has 0 bridgehead atoms. The number of carbonyl (C=O) groups is 2. The number of nitrogens with zero attached hydrogens (tertiary/aromatic N) is 1. The highest BCUT2D eigenvalue weighted by molar-refractivity contribution is 5.96. The molecule has 0 saturated carbocycles. The maximum absolute atomic E-state index is 13.2. The number of aliphatic hydroxyl groups excluding tert-OH is 1. The van der Waals surface area contributed by atoms with Crippen LogP contribution in [0.3, 0.4) is 0 Å². The van der Waals surface area contributed by atoms with Gasteiger partial charge in [0, 0.05) is 24.9 Å². The van der Waals surface area contributed by atoms with Crippen molar-refractivity contribution in [2.75, 3.05) is 13.7 Å². The van der Waals surface area contributed by atoms with Gasteiger partial charge in [-0.15, -0.1) is 0 Å². The summed E-state index contributed by atoms with van der Waals surface area (Å²) in [7, 11) is 1.56. The van der Waals surface area contributed by atoms with E-state index in [9.17, 15) is 14.7 Å². The second-order valence-electron chi connectivity index (χ2n) is 7.16. The molecule has 3 rings (SSSR count). The van der Waals surface area contributed by atoms with Crippen molar-refractivity contribution in [3.8, 4) is 5.75 Å². The molecule has 5 nitrogen and oxygen atoms in total. The molecule has 1 fully saturated rings. The Labute approximate surface area is 159 Å². The zero-order valence-corrected chi connectivity index (χ0v) is 15.9. The van der Waals surface area contributed by atoms with E-state index in [0.29, 0.717) is 29.8 Å². The topological polar surface area (TPSA) is 66.8 Å². The van der Waals surface area contributed by atoms with Crippen molar-refractivity contribution in [2.45, 2.75) is 38.8 Å². The molecule has 2 atom stereocenters. The molecule has 0 radical (unpaired) electrons. The van der Waals surface area contributed by atoms with Crippen molar-refractivity contribution in [2.24, 2.45) is 0 Å². The van der Waals surface area contributed by atoms with Crippen molar-refractivity contribution in [3.05, 3.63) is 64.7 Å². The number of piperidine rings is 1. The van der Waals surface area contributed by atoms with Crippen molar-refractivity contribution in [1.29, 1.82) is 0 Å². The molecular weight excluding hydrogens is 342 g/mol. The maximum Gasteiger partial charge on any atom is 0.254 e. The lowest BCUT2D eigenvalue weighted by atomic mass is 9.91. The summed E-state index contributed by atoms with van der Waals surface area (Å²) in [4.78, 5) is 26.9. The Kier molecular flexibility index (Phi) is 5.61. The summed E-state index contributed by atoms with van der Waals surface area (Å²) in [5, 5.41) is 11.0. The monoisotopic (exact) mass is 367 g/mol. The fourth-order valence-electron chi connectivity index (χ4n) is 3.70. The first kappa shape index (κ1) is 19.1. The zero-order valence-electron chi connectivity index (χ0n) is 15.9. The third kappa shape index (κ3) is 4.19. The Morgan fingerprint density at radius 2 is 1.89 bits per heavy atom. The zero-order chi connectivity index (χ0) is 19.6. The van der Waals surface area contributed by atoms with Crippen LogP contribution in [0.1, 0.15) is 46.0 Å². The van der Waals surface area contributed by atoms with Crippen LogP contribution >= 0.6 is 0 Å². The highest BCUT2D eigenvalue weighted by atomic mass is 16.5. The van der Waals surface area contributed by atoms with Gasteiger partial charge in [-0.05, 0) is 43.7 Å². The molecule has 2 aromatic carbocycles. The van der Waals surface area contributed by atoms with Crippen LogP contribution in [0.5, 0.6) is 5.75 Å². The quantitative estimate of drug-likeness (QED) is 0.901. The van der Waals surface area contributed by atoms with Gasteiger partial charge in [-0.1, -0.05) is 29.3 Å². The highest BCUT2D eigenvalue weighted by Gasteiger charge is 2.36. The molecule has 1 aliphatic heterocycles. The molecule has 27 heavy (non-hydrogen) atoms. The summed E-state index contributed by atoms with van der Waals surface area (Å²) in [5.74, 6) is 0.536. The van der Waals surface area contributed by atoms with Crippen LogP contribution in [0.4, 0.5) is 0 Å². The van der Waals surface area contributed by atoms with E-state index >= 15 is 0 Å². The second kappa shape index (κ2) is 7.92. The molecule has 5 heteroatoms. The van der Waals surface area contributed by atoms with Crippen molar-refractivity contribution < 1.29 is 19.4 Å². The number of ketones is 1. The number of amides is 1. The van der Waals surface area contributed by atoms with E-state index in [2.05, 4.69) is 0 Å². The van der Waals surface area contributed by atoms with E-state index in [1.807, 2.05) is 32.0 Å². The lowest BCUT2D eigenvalue weighted by Gasteiger charge is -2.38. The van der Waals surface area contributed by atoms with Gasteiger partial charge in [0.05, 0.1) is 19.3 Å². The van der Waals surface area contributed by atoms with Crippen LogP contribution < -0.4 is 4.74 Å².